The molecule has 0 bridgehead atoms. The SMILES string of the molecule is CC(=O)N1CC(C(=O)Nc2nc(-c3ccc(C)s3)cs2)Oc2ccccc21. The van der Waals surface area contributed by atoms with E-state index in [4.69, 9.17) is 4.74 Å². The fourth-order valence-corrected chi connectivity index (χ4v) is 4.49. The molecular weight excluding hydrogens is 382 g/mol. The zero-order chi connectivity index (χ0) is 19.0. The van der Waals surface area contributed by atoms with Crippen molar-refractivity contribution in [1.29, 1.82) is 0 Å². The summed E-state index contributed by atoms with van der Waals surface area (Å²) < 4.78 is 5.81. The molecule has 3 aromatic rings. The summed E-state index contributed by atoms with van der Waals surface area (Å²) in [6.45, 7) is 3.69. The van der Waals surface area contributed by atoms with E-state index in [2.05, 4.69) is 10.3 Å². The van der Waals surface area contributed by atoms with Crippen molar-refractivity contribution in [3.05, 3.63) is 46.7 Å². The third kappa shape index (κ3) is 3.58. The van der Waals surface area contributed by atoms with Crippen LogP contribution in [0.4, 0.5) is 10.8 Å². The summed E-state index contributed by atoms with van der Waals surface area (Å²) in [5, 5.41) is 5.24. The molecule has 4 rings (SSSR count). The van der Waals surface area contributed by atoms with Gasteiger partial charge >= 0.3 is 0 Å². The summed E-state index contributed by atoms with van der Waals surface area (Å²) in [5.41, 5.74) is 1.52. The molecule has 1 aliphatic rings. The maximum Gasteiger partial charge on any atom is 0.269 e. The zero-order valence-corrected chi connectivity index (χ0v) is 16.4. The Morgan fingerprint density at radius 3 is 2.81 bits per heavy atom. The van der Waals surface area contributed by atoms with Gasteiger partial charge in [-0.05, 0) is 31.2 Å². The highest BCUT2D eigenvalue weighted by Gasteiger charge is 2.32. The summed E-state index contributed by atoms with van der Waals surface area (Å²) in [5.74, 6) is 0.0696. The fourth-order valence-electron chi connectivity index (χ4n) is 2.87. The third-order valence-corrected chi connectivity index (χ3v) is 5.95. The van der Waals surface area contributed by atoms with Gasteiger partial charge in [-0.25, -0.2) is 4.98 Å². The molecule has 2 aromatic heterocycles. The molecule has 0 spiro atoms. The van der Waals surface area contributed by atoms with Crippen LogP contribution < -0.4 is 15.0 Å². The second-order valence-corrected chi connectivity index (χ2v) is 8.29. The first-order valence-electron chi connectivity index (χ1n) is 8.38. The van der Waals surface area contributed by atoms with Gasteiger partial charge in [-0.2, -0.15) is 0 Å². The number of nitrogens with one attached hydrogen (secondary N) is 1. The molecule has 2 amide bonds. The van der Waals surface area contributed by atoms with Crippen LogP contribution in [-0.2, 0) is 9.59 Å². The number of benzene rings is 1. The zero-order valence-electron chi connectivity index (χ0n) is 14.8. The molecule has 1 aromatic carbocycles. The Labute approximate surface area is 164 Å². The highest BCUT2D eigenvalue weighted by molar-refractivity contribution is 7.17. The van der Waals surface area contributed by atoms with E-state index >= 15 is 0 Å². The van der Waals surface area contributed by atoms with Crippen LogP contribution in [-0.4, -0.2) is 29.4 Å². The van der Waals surface area contributed by atoms with Gasteiger partial charge in [0.2, 0.25) is 5.91 Å². The van der Waals surface area contributed by atoms with E-state index in [0.717, 1.165) is 10.6 Å². The number of hydrogen-bond acceptors (Lipinski definition) is 6. The van der Waals surface area contributed by atoms with Crippen LogP contribution in [0.15, 0.2) is 41.8 Å². The first kappa shape index (κ1) is 17.7. The lowest BCUT2D eigenvalue weighted by Gasteiger charge is -2.33. The normalized spacial score (nSPS) is 15.8. The Balaban J connectivity index is 1.50. The number of carbonyl (C=O) groups excluding carboxylic acids is 2. The van der Waals surface area contributed by atoms with Crippen LogP contribution in [0.2, 0.25) is 0 Å². The molecule has 0 aliphatic carbocycles. The Morgan fingerprint density at radius 1 is 1.26 bits per heavy atom. The van der Waals surface area contributed by atoms with Crippen molar-refractivity contribution in [2.45, 2.75) is 20.0 Å². The van der Waals surface area contributed by atoms with Crippen LogP contribution in [0.25, 0.3) is 10.6 Å². The quantitative estimate of drug-likeness (QED) is 0.724. The van der Waals surface area contributed by atoms with E-state index in [1.807, 2.05) is 36.6 Å². The molecule has 1 N–H and O–H groups in total. The Hall–Kier alpha value is -2.71. The van der Waals surface area contributed by atoms with E-state index in [1.54, 1.807) is 28.4 Å². The van der Waals surface area contributed by atoms with Gasteiger partial charge in [-0.15, -0.1) is 22.7 Å². The molecule has 3 heterocycles. The first-order valence-corrected chi connectivity index (χ1v) is 10.1. The summed E-state index contributed by atoms with van der Waals surface area (Å²) in [4.78, 5) is 33.0. The highest BCUT2D eigenvalue weighted by Crippen LogP contribution is 2.34. The van der Waals surface area contributed by atoms with Gasteiger partial charge in [-0.1, -0.05) is 12.1 Å². The molecule has 0 saturated heterocycles. The predicted molar refractivity (Wildman–Crippen MR) is 108 cm³/mol. The molecule has 1 unspecified atom stereocenters. The van der Waals surface area contributed by atoms with Gasteiger partial charge in [0.05, 0.1) is 22.8 Å². The number of fused-ring (bicyclic) bond motifs is 1. The lowest BCUT2D eigenvalue weighted by molar-refractivity contribution is -0.123. The lowest BCUT2D eigenvalue weighted by Crippen LogP contribution is -2.48. The van der Waals surface area contributed by atoms with E-state index in [9.17, 15) is 9.59 Å². The number of carbonyl (C=O) groups is 2. The predicted octanol–water partition coefficient (Wildman–Crippen LogP) is 3.93. The van der Waals surface area contributed by atoms with Crippen LogP contribution >= 0.6 is 22.7 Å². The summed E-state index contributed by atoms with van der Waals surface area (Å²) in [6.07, 6.45) is -0.792. The second-order valence-electron chi connectivity index (χ2n) is 6.14. The standard InChI is InChI=1S/C19H17N3O3S2/c1-11-7-8-17(27-11)13-10-26-19(20-13)21-18(24)16-9-22(12(2)23)14-5-3-4-6-15(14)25-16/h3-8,10,16H,9H2,1-2H3,(H,20,21,24). The largest absolute Gasteiger partial charge is 0.476 e. The first-order chi connectivity index (χ1) is 13.0. The number of ether oxygens (including phenoxy) is 1. The molecule has 6 nitrogen and oxygen atoms in total. The molecule has 0 saturated carbocycles. The maximum absolute atomic E-state index is 12.7. The minimum Gasteiger partial charge on any atom is -0.476 e. The van der Waals surface area contributed by atoms with Crippen molar-refractivity contribution in [2.75, 3.05) is 16.8 Å². The van der Waals surface area contributed by atoms with Crippen molar-refractivity contribution in [3.8, 4) is 16.3 Å². The van der Waals surface area contributed by atoms with Gasteiger partial charge in [0.1, 0.15) is 5.75 Å². The number of aryl methyl sites for hydroxylation is 1. The van der Waals surface area contributed by atoms with Gasteiger partial charge in [-0.3, -0.25) is 14.9 Å². The molecule has 0 fully saturated rings. The summed E-state index contributed by atoms with van der Waals surface area (Å²) >= 11 is 3.03. The van der Waals surface area contributed by atoms with Crippen molar-refractivity contribution >= 4 is 45.3 Å². The van der Waals surface area contributed by atoms with E-state index in [1.165, 1.54) is 23.1 Å². The molecular formula is C19H17N3O3S2. The minimum atomic E-state index is -0.792. The average molecular weight is 399 g/mol. The molecule has 8 heteroatoms. The topological polar surface area (TPSA) is 71.5 Å². The van der Waals surface area contributed by atoms with Gasteiger partial charge in [0.15, 0.2) is 11.2 Å². The van der Waals surface area contributed by atoms with Crippen LogP contribution in [0.3, 0.4) is 0 Å². The summed E-state index contributed by atoms with van der Waals surface area (Å²) in [7, 11) is 0. The number of nitrogens with zero attached hydrogens (tertiary/aromatic N) is 2. The van der Waals surface area contributed by atoms with Crippen molar-refractivity contribution in [3.63, 3.8) is 0 Å². The van der Waals surface area contributed by atoms with Gasteiger partial charge in [0.25, 0.3) is 5.91 Å². The van der Waals surface area contributed by atoms with Gasteiger partial charge < -0.3 is 9.64 Å². The molecule has 0 radical (unpaired) electrons. The molecule has 138 valence electrons. The number of thiazole rings is 1. The van der Waals surface area contributed by atoms with Crippen molar-refractivity contribution < 1.29 is 14.3 Å². The molecule has 27 heavy (non-hydrogen) atoms. The number of thiophene rings is 1. The van der Waals surface area contributed by atoms with E-state index in [0.29, 0.717) is 16.6 Å². The Kier molecular flexibility index (Phi) is 4.67. The highest BCUT2D eigenvalue weighted by atomic mass is 32.1. The lowest BCUT2D eigenvalue weighted by atomic mass is 10.2. The number of aromatic nitrogens is 1. The number of rotatable bonds is 3. The Bertz CT molecular complexity index is 1010. The number of para-hydroxylation sites is 2. The minimum absolute atomic E-state index is 0.131. The smallest absolute Gasteiger partial charge is 0.269 e. The van der Waals surface area contributed by atoms with Crippen molar-refractivity contribution in [2.24, 2.45) is 0 Å². The number of anilines is 2. The Morgan fingerprint density at radius 2 is 2.07 bits per heavy atom. The fraction of sp³-hybridized carbons (Fsp3) is 0.211. The van der Waals surface area contributed by atoms with Gasteiger partial charge in [0, 0.05) is 17.2 Å². The van der Waals surface area contributed by atoms with Crippen LogP contribution in [0.5, 0.6) is 5.75 Å². The number of amides is 2. The van der Waals surface area contributed by atoms with Crippen LogP contribution in [0, 0.1) is 6.92 Å². The number of hydrogen-bond donors (Lipinski definition) is 1. The van der Waals surface area contributed by atoms with Crippen molar-refractivity contribution in [1.82, 2.24) is 4.98 Å². The second kappa shape index (κ2) is 7.13. The third-order valence-electron chi connectivity index (χ3n) is 4.17. The average Bonchev–Trinajstić information content (AvgIpc) is 3.29. The van der Waals surface area contributed by atoms with Crippen LogP contribution in [0.1, 0.15) is 11.8 Å². The molecule has 1 atom stereocenters. The van der Waals surface area contributed by atoms with E-state index < -0.39 is 6.10 Å². The molecule has 1 aliphatic heterocycles. The van der Waals surface area contributed by atoms with E-state index in [-0.39, 0.29) is 18.4 Å². The monoisotopic (exact) mass is 399 g/mol. The summed E-state index contributed by atoms with van der Waals surface area (Å²) in [6, 6.07) is 11.3. The maximum atomic E-state index is 12.7.